The molecule has 1 N–H and O–H groups in total. The van der Waals surface area contributed by atoms with Crippen molar-refractivity contribution in [3.63, 3.8) is 0 Å². The summed E-state index contributed by atoms with van der Waals surface area (Å²) in [6.07, 6.45) is 0. The standard InChI is InChI=1S/C13H19NO3S/c1-4-18(16,17)14-9-13(15)12-7-5-11(6-8-12)10(2)3/h5-8,10,14H,4,9H2,1-3H3. The molecule has 0 aliphatic carbocycles. The number of carbonyl (C=O) groups excluding carboxylic acids is 1. The summed E-state index contributed by atoms with van der Waals surface area (Å²) < 4.78 is 24.7. The van der Waals surface area contributed by atoms with E-state index in [1.165, 1.54) is 6.92 Å². The summed E-state index contributed by atoms with van der Waals surface area (Å²) in [4.78, 5) is 11.8. The third kappa shape index (κ3) is 4.23. The van der Waals surface area contributed by atoms with E-state index in [1.807, 2.05) is 12.1 Å². The Kier molecular flexibility index (Phi) is 5.04. The first-order valence-corrected chi connectivity index (χ1v) is 7.61. The molecule has 0 aliphatic rings. The number of benzene rings is 1. The normalized spacial score (nSPS) is 11.8. The Balaban J connectivity index is 2.68. The fourth-order valence-corrected chi connectivity index (χ4v) is 1.99. The van der Waals surface area contributed by atoms with Crippen LogP contribution in [0.5, 0.6) is 0 Å². The van der Waals surface area contributed by atoms with Crippen LogP contribution in [0.3, 0.4) is 0 Å². The van der Waals surface area contributed by atoms with E-state index < -0.39 is 10.0 Å². The molecule has 1 rings (SSSR count). The van der Waals surface area contributed by atoms with Crippen LogP contribution in [0.25, 0.3) is 0 Å². The van der Waals surface area contributed by atoms with Crippen LogP contribution in [0.15, 0.2) is 24.3 Å². The summed E-state index contributed by atoms with van der Waals surface area (Å²) in [5.41, 5.74) is 1.68. The predicted molar refractivity (Wildman–Crippen MR) is 72.3 cm³/mol. The molecule has 0 aromatic heterocycles. The van der Waals surface area contributed by atoms with Crippen LogP contribution in [0.2, 0.25) is 0 Å². The Bertz CT molecular complexity index is 504. The molecule has 0 amide bonds. The van der Waals surface area contributed by atoms with Gasteiger partial charge in [-0.3, -0.25) is 4.79 Å². The molecule has 0 bridgehead atoms. The minimum absolute atomic E-state index is 0.0213. The summed E-state index contributed by atoms with van der Waals surface area (Å²) in [6, 6.07) is 7.26. The molecule has 0 atom stereocenters. The molecular formula is C13H19NO3S. The van der Waals surface area contributed by atoms with Gasteiger partial charge < -0.3 is 0 Å². The van der Waals surface area contributed by atoms with E-state index in [4.69, 9.17) is 0 Å². The average Bonchev–Trinajstić information content (AvgIpc) is 2.36. The molecule has 0 radical (unpaired) electrons. The highest BCUT2D eigenvalue weighted by molar-refractivity contribution is 7.89. The molecule has 0 spiro atoms. The van der Waals surface area contributed by atoms with Gasteiger partial charge in [-0.25, -0.2) is 13.1 Å². The number of hydrogen-bond acceptors (Lipinski definition) is 3. The quantitative estimate of drug-likeness (QED) is 0.803. The maximum absolute atomic E-state index is 11.8. The van der Waals surface area contributed by atoms with Gasteiger partial charge in [0.2, 0.25) is 10.0 Å². The Morgan fingerprint density at radius 1 is 1.22 bits per heavy atom. The lowest BCUT2D eigenvalue weighted by atomic mass is 10.0. The van der Waals surface area contributed by atoms with E-state index in [0.717, 1.165) is 5.56 Å². The van der Waals surface area contributed by atoms with Crippen molar-refractivity contribution in [2.45, 2.75) is 26.7 Å². The van der Waals surface area contributed by atoms with Crippen LogP contribution in [0, 0.1) is 0 Å². The minimum atomic E-state index is -3.31. The van der Waals surface area contributed by atoms with Crippen LogP contribution < -0.4 is 4.72 Å². The first-order valence-electron chi connectivity index (χ1n) is 5.96. The largest absolute Gasteiger partial charge is 0.293 e. The van der Waals surface area contributed by atoms with Gasteiger partial charge >= 0.3 is 0 Å². The van der Waals surface area contributed by atoms with Crippen molar-refractivity contribution in [1.29, 1.82) is 0 Å². The molecule has 0 heterocycles. The van der Waals surface area contributed by atoms with Gasteiger partial charge in [0.15, 0.2) is 5.78 Å². The van der Waals surface area contributed by atoms with Crippen LogP contribution in [-0.4, -0.2) is 26.5 Å². The summed E-state index contributed by atoms with van der Waals surface area (Å²) in [5, 5.41) is 0. The van der Waals surface area contributed by atoms with Crippen molar-refractivity contribution >= 4 is 15.8 Å². The second-order valence-corrected chi connectivity index (χ2v) is 6.52. The average molecular weight is 269 g/mol. The van der Waals surface area contributed by atoms with Gasteiger partial charge in [-0.15, -0.1) is 0 Å². The number of ketones is 1. The zero-order chi connectivity index (χ0) is 13.8. The first-order chi connectivity index (χ1) is 8.35. The van der Waals surface area contributed by atoms with Crippen molar-refractivity contribution in [2.75, 3.05) is 12.3 Å². The fraction of sp³-hybridized carbons (Fsp3) is 0.462. The topological polar surface area (TPSA) is 63.2 Å². The van der Waals surface area contributed by atoms with Crippen molar-refractivity contribution in [3.8, 4) is 0 Å². The van der Waals surface area contributed by atoms with Gasteiger partial charge in [0.1, 0.15) is 0 Å². The summed E-state index contributed by atoms with van der Waals surface area (Å²) in [7, 11) is -3.31. The number of nitrogens with one attached hydrogen (secondary N) is 1. The van der Waals surface area contributed by atoms with E-state index in [2.05, 4.69) is 18.6 Å². The van der Waals surface area contributed by atoms with Crippen molar-refractivity contribution < 1.29 is 13.2 Å². The van der Waals surface area contributed by atoms with Crippen LogP contribution in [0.4, 0.5) is 0 Å². The predicted octanol–water partition coefficient (Wildman–Crippen LogP) is 1.93. The molecular weight excluding hydrogens is 250 g/mol. The molecule has 0 saturated heterocycles. The van der Waals surface area contributed by atoms with Crippen LogP contribution in [-0.2, 0) is 10.0 Å². The van der Waals surface area contributed by atoms with Gasteiger partial charge in [0, 0.05) is 5.56 Å². The monoisotopic (exact) mass is 269 g/mol. The second kappa shape index (κ2) is 6.11. The Morgan fingerprint density at radius 2 is 1.78 bits per heavy atom. The first kappa shape index (κ1) is 14.9. The van der Waals surface area contributed by atoms with Crippen molar-refractivity contribution in [1.82, 2.24) is 4.72 Å². The lowest BCUT2D eigenvalue weighted by Crippen LogP contribution is -2.30. The summed E-state index contributed by atoms with van der Waals surface area (Å²) in [5.74, 6) is 0.169. The SMILES string of the molecule is CCS(=O)(=O)NCC(=O)c1ccc(C(C)C)cc1. The third-order valence-electron chi connectivity index (χ3n) is 2.73. The molecule has 18 heavy (non-hydrogen) atoms. The van der Waals surface area contributed by atoms with E-state index in [9.17, 15) is 13.2 Å². The molecule has 1 aromatic carbocycles. The molecule has 0 saturated carbocycles. The number of carbonyl (C=O) groups is 1. The fourth-order valence-electron chi connectivity index (χ4n) is 1.43. The molecule has 0 unspecified atom stereocenters. The highest BCUT2D eigenvalue weighted by Crippen LogP contribution is 2.14. The maximum Gasteiger partial charge on any atom is 0.211 e. The number of hydrogen-bond donors (Lipinski definition) is 1. The zero-order valence-electron chi connectivity index (χ0n) is 10.9. The number of rotatable bonds is 6. The van der Waals surface area contributed by atoms with Crippen LogP contribution in [0.1, 0.15) is 42.6 Å². The highest BCUT2D eigenvalue weighted by atomic mass is 32.2. The number of Topliss-reactive ketones (excluding diaryl/α,β-unsaturated/α-hetero) is 1. The van der Waals surface area contributed by atoms with E-state index in [0.29, 0.717) is 11.5 Å². The Hall–Kier alpha value is -1.20. The van der Waals surface area contributed by atoms with Gasteiger partial charge in [-0.1, -0.05) is 38.1 Å². The van der Waals surface area contributed by atoms with Gasteiger partial charge in [0.05, 0.1) is 12.3 Å². The van der Waals surface area contributed by atoms with E-state index >= 15 is 0 Å². The van der Waals surface area contributed by atoms with Crippen molar-refractivity contribution in [3.05, 3.63) is 35.4 Å². The van der Waals surface area contributed by atoms with E-state index in [1.54, 1.807) is 12.1 Å². The Morgan fingerprint density at radius 3 is 2.22 bits per heavy atom. The minimum Gasteiger partial charge on any atom is -0.293 e. The molecule has 0 aliphatic heterocycles. The van der Waals surface area contributed by atoms with Gasteiger partial charge in [-0.05, 0) is 18.4 Å². The summed E-state index contributed by atoms with van der Waals surface area (Å²) in [6.45, 7) is 5.50. The van der Waals surface area contributed by atoms with Gasteiger partial charge in [-0.2, -0.15) is 0 Å². The zero-order valence-corrected chi connectivity index (χ0v) is 11.8. The number of sulfonamides is 1. The van der Waals surface area contributed by atoms with Crippen LogP contribution >= 0.6 is 0 Å². The molecule has 1 aromatic rings. The lowest BCUT2D eigenvalue weighted by molar-refractivity contribution is 0.0997. The second-order valence-electron chi connectivity index (χ2n) is 4.42. The molecule has 5 heteroatoms. The molecule has 0 fully saturated rings. The van der Waals surface area contributed by atoms with Crippen molar-refractivity contribution in [2.24, 2.45) is 0 Å². The highest BCUT2D eigenvalue weighted by Gasteiger charge is 2.11. The smallest absolute Gasteiger partial charge is 0.211 e. The third-order valence-corrected chi connectivity index (χ3v) is 4.08. The maximum atomic E-state index is 11.8. The Labute approximate surface area is 108 Å². The van der Waals surface area contributed by atoms with Gasteiger partial charge in [0.25, 0.3) is 0 Å². The lowest BCUT2D eigenvalue weighted by Gasteiger charge is -2.07. The van der Waals surface area contributed by atoms with E-state index in [-0.39, 0.29) is 18.1 Å². The summed E-state index contributed by atoms with van der Waals surface area (Å²) >= 11 is 0. The molecule has 4 nitrogen and oxygen atoms in total. The molecule has 100 valence electrons.